The molecule has 1 fully saturated rings. The number of benzene rings is 4. The van der Waals surface area contributed by atoms with Gasteiger partial charge in [0.2, 0.25) is 5.91 Å². The molecule has 0 aliphatic heterocycles. The van der Waals surface area contributed by atoms with Crippen LogP contribution < -0.4 is 16.0 Å². The predicted molar refractivity (Wildman–Crippen MR) is 161 cm³/mol. The van der Waals surface area contributed by atoms with Gasteiger partial charge in [-0.1, -0.05) is 35.9 Å². The molecule has 6 nitrogen and oxygen atoms in total. The van der Waals surface area contributed by atoms with Crippen molar-refractivity contribution in [3.63, 3.8) is 0 Å². The van der Waals surface area contributed by atoms with Crippen molar-refractivity contribution in [3.8, 4) is 0 Å². The number of halogens is 9. The maximum Gasteiger partial charge on any atom is 0.419 e. The molecule has 46 heavy (non-hydrogen) atoms. The van der Waals surface area contributed by atoms with E-state index in [1.807, 2.05) is 0 Å². The molecule has 0 aromatic heterocycles. The van der Waals surface area contributed by atoms with E-state index in [1.54, 1.807) is 18.2 Å². The summed E-state index contributed by atoms with van der Waals surface area (Å²) in [6.45, 7) is 0. The van der Waals surface area contributed by atoms with Crippen LogP contribution in [0.4, 0.5) is 43.4 Å². The highest BCUT2D eigenvalue weighted by Gasteiger charge is 2.67. The molecule has 238 valence electrons. The van der Waals surface area contributed by atoms with E-state index in [1.165, 1.54) is 24.3 Å². The molecule has 4 aromatic rings. The van der Waals surface area contributed by atoms with E-state index in [-0.39, 0.29) is 27.4 Å². The third-order valence-corrected chi connectivity index (χ3v) is 8.35. The van der Waals surface area contributed by atoms with Gasteiger partial charge < -0.3 is 16.0 Å². The fourth-order valence-corrected chi connectivity index (χ4v) is 5.78. The summed E-state index contributed by atoms with van der Waals surface area (Å²) in [5.74, 6) is -8.88. The number of carbonyl (C=O) groups excluding carboxylic acids is 3. The molecule has 3 N–H and O–H groups in total. The van der Waals surface area contributed by atoms with Crippen molar-refractivity contribution < 1.29 is 40.7 Å². The van der Waals surface area contributed by atoms with Crippen LogP contribution in [0.5, 0.6) is 0 Å². The van der Waals surface area contributed by atoms with Crippen molar-refractivity contribution >= 4 is 69.6 Å². The van der Waals surface area contributed by atoms with Crippen LogP contribution >= 0.6 is 34.8 Å². The Morgan fingerprint density at radius 3 is 2.11 bits per heavy atom. The number of alkyl halides is 5. The lowest BCUT2D eigenvalue weighted by Gasteiger charge is -2.13. The van der Waals surface area contributed by atoms with Crippen LogP contribution in [0.15, 0.2) is 78.9 Å². The molecule has 0 radical (unpaired) electrons. The Labute approximate surface area is 271 Å². The Morgan fingerprint density at radius 2 is 1.43 bits per heavy atom. The van der Waals surface area contributed by atoms with Gasteiger partial charge in [0.05, 0.1) is 27.8 Å². The molecule has 4 aromatic carbocycles. The highest BCUT2D eigenvalue weighted by atomic mass is 35.5. The van der Waals surface area contributed by atoms with E-state index >= 15 is 4.39 Å². The molecule has 0 spiro atoms. The lowest BCUT2D eigenvalue weighted by molar-refractivity contribution is -0.140. The van der Waals surface area contributed by atoms with Crippen molar-refractivity contribution in [2.45, 2.75) is 16.4 Å². The zero-order valence-electron chi connectivity index (χ0n) is 22.8. The summed E-state index contributed by atoms with van der Waals surface area (Å²) in [4.78, 5) is 38.6. The first-order valence-electron chi connectivity index (χ1n) is 13.1. The smallest absolute Gasteiger partial charge is 0.326 e. The summed E-state index contributed by atoms with van der Waals surface area (Å²) in [6.07, 6.45) is -5.00. The van der Waals surface area contributed by atoms with Crippen LogP contribution in [0.1, 0.15) is 37.8 Å². The monoisotopic (exact) mass is 699 g/mol. The van der Waals surface area contributed by atoms with Crippen molar-refractivity contribution in [2.24, 2.45) is 5.92 Å². The Bertz CT molecular complexity index is 1870. The minimum atomic E-state index is -5.00. The Kier molecular flexibility index (Phi) is 9.00. The average molecular weight is 701 g/mol. The largest absolute Gasteiger partial charge is 0.419 e. The van der Waals surface area contributed by atoms with Gasteiger partial charge in [-0.3, -0.25) is 14.4 Å². The maximum atomic E-state index is 15.2. The normalized spacial score (nSPS) is 16.8. The highest BCUT2D eigenvalue weighted by molar-refractivity contribution is 6.53. The summed E-state index contributed by atoms with van der Waals surface area (Å²) in [6, 6.07) is 15.2. The minimum Gasteiger partial charge on any atom is -0.326 e. The summed E-state index contributed by atoms with van der Waals surface area (Å²) < 4.78 is 81.2. The van der Waals surface area contributed by atoms with Gasteiger partial charge in [-0.05, 0) is 60.2 Å². The molecule has 0 heterocycles. The molecule has 3 amide bonds. The number of anilines is 3. The maximum absolute atomic E-state index is 15.2. The summed E-state index contributed by atoms with van der Waals surface area (Å²) in [7, 11) is 0. The lowest BCUT2D eigenvalue weighted by Crippen LogP contribution is -2.19. The summed E-state index contributed by atoms with van der Waals surface area (Å²) in [5.41, 5.74) is -3.13. The molecule has 1 aliphatic rings. The molecule has 0 saturated heterocycles. The fraction of sp³-hybridized carbons (Fsp3) is 0.129. The lowest BCUT2D eigenvalue weighted by atomic mass is 10.0. The van der Waals surface area contributed by atoms with Crippen molar-refractivity contribution in [3.05, 3.63) is 124 Å². The SMILES string of the molecule is O=C(Nc1c(F)ccc(NC(=O)c2cc(NC(=O)[C@H]3[C@H](c4ccc(F)c(C(F)(F)F)c4)C3(Cl)Cl)ccc2Cl)c1F)c1ccccc1. The molecular weight excluding hydrogens is 683 g/mol. The number of hydrogen-bond acceptors (Lipinski definition) is 3. The average Bonchev–Trinajstić information content (AvgIpc) is 3.59. The predicted octanol–water partition coefficient (Wildman–Crippen LogP) is 8.81. The van der Waals surface area contributed by atoms with Gasteiger partial charge in [-0.15, -0.1) is 23.2 Å². The van der Waals surface area contributed by atoms with Crippen LogP contribution in [0.25, 0.3) is 0 Å². The standard InChI is InChI=1S/C31H18Cl3F6N3O3/c32-19-8-7-16(41-29(46)24-23(30(24,33)34)15-6-9-20(35)18(12-15)31(38,39)40)13-17(19)28(45)42-22-11-10-21(36)26(25(22)37)43-27(44)14-4-2-1-3-5-14/h1-13,23-24H,(H,41,46)(H,42,45)(H,43,44)/t23-,24+/m0/s1. The fourth-order valence-electron chi connectivity index (χ4n) is 4.75. The minimum absolute atomic E-state index is 0.0141. The van der Waals surface area contributed by atoms with Gasteiger partial charge in [0, 0.05) is 17.2 Å². The van der Waals surface area contributed by atoms with Gasteiger partial charge in [0.1, 0.15) is 21.7 Å². The zero-order chi connectivity index (χ0) is 33.6. The number of amides is 3. The molecule has 1 aliphatic carbocycles. The first kappa shape index (κ1) is 33.1. The third-order valence-electron chi connectivity index (χ3n) is 7.08. The molecular formula is C31H18Cl3F6N3O3. The Morgan fingerprint density at radius 1 is 0.761 bits per heavy atom. The van der Waals surface area contributed by atoms with Crippen LogP contribution in [0.3, 0.4) is 0 Å². The Balaban J connectivity index is 1.32. The molecule has 5 rings (SSSR count). The zero-order valence-corrected chi connectivity index (χ0v) is 25.1. The third kappa shape index (κ3) is 6.64. The first-order chi connectivity index (χ1) is 21.6. The van der Waals surface area contributed by atoms with Gasteiger partial charge in [-0.2, -0.15) is 13.2 Å². The van der Waals surface area contributed by atoms with E-state index in [4.69, 9.17) is 34.8 Å². The first-order valence-corrected chi connectivity index (χ1v) is 14.2. The highest BCUT2D eigenvalue weighted by Crippen LogP contribution is 2.65. The summed E-state index contributed by atoms with van der Waals surface area (Å²) in [5, 5.41) is 6.69. The Hall–Kier alpha value is -4.26. The quantitative estimate of drug-likeness (QED) is 0.133. The van der Waals surface area contributed by atoms with E-state index in [9.17, 15) is 36.3 Å². The van der Waals surface area contributed by atoms with E-state index < -0.39 is 74.5 Å². The summed E-state index contributed by atoms with van der Waals surface area (Å²) >= 11 is 18.6. The van der Waals surface area contributed by atoms with Gasteiger partial charge in [-0.25, -0.2) is 13.2 Å². The van der Waals surface area contributed by atoms with Gasteiger partial charge in [0.15, 0.2) is 5.82 Å². The molecule has 15 heteroatoms. The molecule has 0 unspecified atom stereocenters. The van der Waals surface area contributed by atoms with E-state index in [2.05, 4.69) is 16.0 Å². The molecule has 2 atom stereocenters. The second-order valence-electron chi connectivity index (χ2n) is 10.1. The number of hydrogen-bond donors (Lipinski definition) is 3. The van der Waals surface area contributed by atoms with Gasteiger partial charge >= 0.3 is 6.18 Å². The number of carbonyl (C=O) groups is 3. The second-order valence-corrected chi connectivity index (χ2v) is 12.0. The van der Waals surface area contributed by atoms with E-state index in [0.29, 0.717) is 12.1 Å². The van der Waals surface area contributed by atoms with Gasteiger partial charge in [0.25, 0.3) is 11.8 Å². The topological polar surface area (TPSA) is 87.3 Å². The number of rotatable bonds is 7. The van der Waals surface area contributed by atoms with Crippen molar-refractivity contribution in [1.82, 2.24) is 0 Å². The van der Waals surface area contributed by atoms with Crippen LogP contribution in [0.2, 0.25) is 5.02 Å². The van der Waals surface area contributed by atoms with Crippen LogP contribution in [0, 0.1) is 23.4 Å². The molecule has 1 saturated carbocycles. The van der Waals surface area contributed by atoms with E-state index in [0.717, 1.165) is 24.3 Å². The van der Waals surface area contributed by atoms with Crippen LogP contribution in [-0.2, 0) is 11.0 Å². The number of nitrogens with one attached hydrogen (secondary N) is 3. The van der Waals surface area contributed by atoms with Crippen molar-refractivity contribution in [2.75, 3.05) is 16.0 Å². The van der Waals surface area contributed by atoms with Crippen molar-refractivity contribution in [1.29, 1.82) is 0 Å². The van der Waals surface area contributed by atoms with Crippen LogP contribution in [-0.4, -0.2) is 22.1 Å². The second kappa shape index (κ2) is 12.5. The molecule has 0 bridgehead atoms.